The zero-order valence-corrected chi connectivity index (χ0v) is 57.3. The maximum absolute atomic E-state index is 13.8. The third-order valence-corrected chi connectivity index (χ3v) is 15.5. The number of nitrogens with zero attached hydrogens (tertiary/aromatic N) is 1. The normalized spacial score (nSPS) is 15.9. The van der Waals surface area contributed by atoms with Crippen molar-refractivity contribution in [2.24, 2.45) is 11.5 Å². The molecule has 7 amide bonds. The molecule has 1 aliphatic rings. The van der Waals surface area contributed by atoms with Crippen LogP contribution in [0.4, 0.5) is 0 Å². The van der Waals surface area contributed by atoms with Crippen molar-refractivity contribution in [1.82, 2.24) is 36.8 Å². The molecule has 27 heteroatoms. The van der Waals surface area contributed by atoms with E-state index in [0.717, 1.165) is 38.5 Å². The van der Waals surface area contributed by atoms with E-state index >= 15 is 0 Å². The van der Waals surface area contributed by atoms with Gasteiger partial charge in [0.25, 0.3) is 5.91 Å². The van der Waals surface area contributed by atoms with Crippen LogP contribution in [-0.2, 0) is 74.0 Å². The molecule has 0 fully saturated rings. The number of hydrogen-bond donors (Lipinski definition) is 9. The number of esters is 3. The number of likely N-dealkylation sites (N-methyl/N-ethyl adjacent to an activating group) is 1. The molecule has 1 aliphatic heterocycles. The monoisotopic (exact) mass is 1330 g/mol. The lowest BCUT2D eigenvalue weighted by molar-refractivity contribution is -0.459. The van der Waals surface area contributed by atoms with Crippen LogP contribution in [0.1, 0.15) is 255 Å². The van der Waals surface area contributed by atoms with E-state index in [2.05, 4.69) is 50.7 Å². The maximum atomic E-state index is 13.8. The van der Waals surface area contributed by atoms with Crippen molar-refractivity contribution in [2.75, 3.05) is 46.3 Å². The Bertz CT molecular complexity index is 2510. The van der Waals surface area contributed by atoms with Gasteiger partial charge in [0.05, 0.1) is 42.7 Å². The van der Waals surface area contributed by atoms with Gasteiger partial charge in [0.2, 0.25) is 35.4 Å². The number of amides is 7. The van der Waals surface area contributed by atoms with Crippen LogP contribution in [0, 0.1) is 0 Å². The fourth-order valence-electron chi connectivity index (χ4n) is 10.1. The Morgan fingerprint density at radius 3 is 1.60 bits per heavy atom. The van der Waals surface area contributed by atoms with Gasteiger partial charge in [-0.25, -0.2) is 8.42 Å². The molecule has 0 aromatic heterocycles. The Morgan fingerprint density at radius 1 is 0.624 bits per heavy atom. The lowest BCUT2D eigenvalue weighted by atomic mass is 10.0. The van der Waals surface area contributed by atoms with Crippen LogP contribution in [-0.4, -0.2) is 154 Å². The van der Waals surface area contributed by atoms with Crippen LogP contribution in [0.25, 0.3) is 0 Å². The standard InChI is InChI=1S/C65H110N10O13.CH4O3S/c1-5-8-10-12-14-16-18-20-22-24-26-28-30-37-58(79)86-46-51(88-60(81)38-31-29-27-25-23-21-19-17-15-13-11-9-6-2)47-87-59(80)40-39-55(76)71-48-72-56(77)43-53-62(83)69-44-49-34-32-35-50(42-49)61(82)74-52(7-3)64(85)75(4)54(36-33-41-68-65(66)67)63(84)70-45-57(78)73-53;1-5(2,3)4/h32,34-35,42,51-54H,5-31,33,36-41,43-48H2,1-4H3,(H,69,83)(H,70,84)(H,71,76)(H,72,77)(H,73,78)(H,74,82)(H4,66,67,68);1H3,(H,2,3,4)/t51?,52-,53+,54+;/m1./s1. The summed E-state index contributed by atoms with van der Waals surface area (Å²) in [4.78, 5) is 136. The molecule has 0 saturated carbocycles. The summed E-state index contributed by atoms with van der Waals surface area (Å²) in [5.74, 6) is -6.57. The molecular weight excluding hydrogens is 1220 g/mol. The maximum Gasteiger partial charge on any atom is 0.338 e. The van der Waals surface area contributed by atoms with Gasteiger partial charge in [-0.3, -0.25) is 64.4 Å². The van der Waals surface area contributed by atoms with Gasteiger partial charge in [-0.15, -0.1) is 0 Å². The second-order valence-corrected chi connectivity index (χ2v) is 25.3. The number of fused-ring (bicyclic) bond motifs is 2. The summed E-state index contributed by atoms with van der Waals surface area (Å²) in [6.07, 6.45) is 29.6. The molecule has 1 aromatic rings. The van der Waals surface area contributed by atoms with Crippen molar-refractivity contribution in [3.63, 3.8) is 0 Å². The zero-order chi connectivity index (χ0) is 69.1. The Morgan fingerprint density at radius 2 is 1.10 bits per heavy atom. The average Bonchev–Trinajstić information content (AvgIpc) is 0.933. The van der Waals surface area contributed by atoms with Crippen LogP contribution >= 0.6 is 0 Å². The molecule has 0 radical (unpaired) electrons. The summed E-state index contributed by atoms with van der Waals surface area (Å²) in [7, 11) is -2.50. The molecule has 530 valence electrons. The average molecular weight is 1340 g/mol. The number of carbonyl (C=O) groups is 10. The van der Waals surface area contributed by atoms with Crippen molar-refractivity contribution in [2.45, 2.75) is 270 Å². The number of guanidine groups is 1. The van der Waals surface area contributed by atoms with Crippen LogP contribution in [0.3, 0.4) is 0 Å². The largest absolute Gasteiger partial charge is 0.748 e. The first kappa shape index (κ1) is 84.1. The van der Waals surface area contributed by atoms with Gasteiger partial charge in [0.15, 0.2) is 6.10 Å². The van der Waals surface area contributed by atoms with E-state index in [9.17, 15) is 47.9 Å². The zero-order valence-electron chi connectivity index (χ0n) is 56.4. The summed E-state index contributed by atoms with van der Waals surface area (Å²) in [6, 6.07) is 2.69. The fourth-order valence-corrected chi connectivity index (χ4v) is 10.1. The van der Waals surface area contributed by atoms with Crippen molar-refractivity contribution >= 4 is 75.3 Å². The van der Waals surface area contributed by atoms with E-state index in [1.165, 1.54) is 140 Å². The smallest absolute Gasteiger partial charge is 0.338 e. The molecule has 2 bridgehead atoms. The molecule has 2 rings (SSSR count). The molecule has 26 nitrogen and oxygen atoms in total. The lowest BCUT2D eigenvalue weighted by Gasteiger charge is -2.30. The van der Waals surface area contributed by atoms with Gasteiger partial charge < -0.3 is 55.6 Å². The summed E-state index contributed by atoms with van der Waals surface area (Å²) >= 11 is 0. The summed E-state index contributed by atoms with van der Waals surface area (Å²) in [6.45, 7) is 4.56. The minimum Gasteiger partial charge on any atom is -0.748 e. The molecular formula is C66H114N10O16S. The highest BCUT2D eigenvalue weighted by molar-refractivity contribution is 7.84. The van der Waals surface area contributed by atoms with Gasteiger partial charge in [0.1, 0.15) is 31.3 Å². The van der Waals surface area contributed by atoms with Crippen LogP contribution in [0.15, 0.2) is 24.3 Å². The van der Waals surface area contributed by atoms with Gasteiger partial charge in [0, 0.05) is 44.7 Å². The lowest BCUT2D eigenvalue weighted by Crippen LogP contribution is -2.78. The minimum absolute atomic E-state index is 0.0366. The minimum atomic E-state index is -3.92. The number of nitrogens with two attached hydrogens (primary N) is 2. The number of carbonyl (C=O) groups excluding carboxylic acids is 10. The third-order valence-electron chi connectivity index (χ3n) is 15.5. The summed E-state index contributed by atoms with van der Waals surface area (Å²) in [5.41, 5.74) is 11.7. The van der Waals surface area contributed by atoms with Crippen LogP contribution < -0.4 is 48.4 Å². The molecule has 11 N–H and O–H groups in total. The Labute approximate surface area is 553 Å². The predicted octanol–water partition coefficient (Wildman–Crippen LogP) is 4.87. The number of ether oxygens (including phenoxy) is 3. The van der Waals surface area contributed by atoms with E-state index in [-0.39, 0.29) is 69.7 Å². The Balaban J connectivity index is 0.00000830. The van der Waals surface area contributed by atoms with Crippen molar-refractivity contribution in [3.8, 4) is 0 Å². The summed E-state index contributed by atoms with van der Waals surface area (Å²) in [5, 5.41) is 15.3. The van der Waals surface area contributed by atoms with E-state index in [1.54, 1.807) is 19.1 Å². The molecule has 1 heterocycles. The second-order valence-electron chi connectivity index (χ2n) is 23.9. The molecule has 93 heavy (non-hydrogen) atoms. The van der Waals surface area contributed by atoms with E-state index < -0.39 is 120 Å². The molecule has 0 spiro atoms. The number of hydrogen-bond acceptors (Lipinski definition) is 16. The SMILES string of the molecule is CCCCCCCCCCCCCCCC(=O)OCC(COC(=O)CCC(=O)NCNC(=O)C[C@@H]1NC(=O)CNC(=O)[C@H](CCC[NH+]=C(N)N)N(C)C(=O)[C@@H](CC)NC(=O)c2cccc(c2)CNC1=O)OC(=O)CCCCCCCCCCCCCCC.CS(=O)(=O)[O-]. The first-order valence-corrected chi connectivity index (χ1v) is 35.9. The Kier molecular flexibility index (Phi) is 47.5. The highest BCUT2D eigenvalue weighted by Crippen LogP contribution is 2.17. The second kappa shape index (κ2) is 52.5. The predicted molar refractivity (Wildman–Crippen MR) is 353 cm³/mol. The molecule has 0 aliphatic carbocycles. The van der Waals surface area contributed by atoms with E-state index in [0.29, 0.717) is 31.1 Å². The van der Waals surface area contributed by atoms with Crippen molar-refractivity contribution in [1.29, 1.82) is 0 Å². The summed E-state index contributed by atoms with van der Waals surface area (Å²) < 4.78 is 43.8. The first-order valence-electron chi connectivity index (χ1n) is 34.1. The third kappa shape index (κ3) is 45.9. The van der Waals surface area contributed by atoms with E-state index in [1.807, 2.05) is 0 Å². The van der Waals surface area contributed by atoms with Crippen molar-refractivity contribution < 1.29 is 80.1 Å². The fraction of sp³-hybridized carbons (Fsp3) is 0.742. The van der Waals surface area contributed by atoms with Gasteiger partial charge in [-0.05, 0) is 49.8 Å². The van der Waals surface area contributed by atoms with Crippen LogP contribution in [0.2, 0.25) is 0 Å². The number of nitrogens with one attached hydrogen (secondary N) is 7. The van der Waals surface area contributed by atoms with Gasteiger partial charge >= 0.3 is 23.9 Å². The van der Waals surface area contributed by atoms with Gasteiger partial charge in [-0.2, -0.15) is 0 Å². The van der Waals surface area contributed by atoms with E-state index in [4.69, 9.17) is 38.6 Å². The van der Waals surface area contributed by atoms with Crippen molar-refractivity contribution in [3.05, 3.63) is 35.4 Å². The topological polar surface area (TPSA) is 397 Å². The highest BCUT2D eigenvalue weighted by atomic mass is 32.2. The quantitative estimate of drug-likeness (QED) is 0.00800. The molecule has 1 aromatic carbocycles. The number of unbranched alkanes of at least 4 members (excludes halogenated alkanes) is 24. The highest BCUT2D eigenvalue weighted by Gasteiger charge is 2.33. The Hall–Kier alpha value is -6.90. The van der Waals surface area contributed by atoms with Gasteiger partial charge in [-0.1, -0.05) is 187 Å². The molecule has 4 atom stereocenters. The number of rotatable bonds is 45. The molecule has 0 saturated heterocycles. The first-order chi connectivity index (χ1) is 44.5. The van der Waals surface area contributed by atoms with Crippen LogP contribution in [0.5, 0.6) is 0 Å². The number of benzene rings is 1. The molecule has 1 unspecified atom stereocenters.